The number of nitrogens with zero attached hydrogens (tertiary/aromatic N) is 4. The molecule has 2 aromatic carbocycles. The molecule has 0 saturated carbocycles. The molecule has 12 heteroatoms. The molecule has 0 bridgehead atoms. The summed E-state index contributed by atoms with van der Waals surface area (Å²) in [4.78, 5) is 38.9. The first-order chi connectivity index (χ1) is 19.0. The monoisotopic (exact) mass is 566 g/mol. The Kier molecular flexibility index (Phi) is 9.00. The molecule has 2 N–H and O–H groups in total. The van der Waals surface area contributed by atoms with E-state index < -0.39 is 33.5 Å². The van der Waals surface area contributed by atoms with Gasteiger partial charge in [0, 0.05) is 56.4 Å². The van der Waals surface area contributed by atoms with Crippen molar-refractivity contribution in [3.05, 3.63) is 78.6 Å². The molecular formula is C28H34N6O5S. The molecule has 212 valence electrons. The summed E-state index contributed by atoms with van der Waals surface area (Å²) in [5, 5.41) is 2.69. The van der Waals surface area contributed by atoms with E-state index >= 15 is 0 Å². The Bertz CT molecular complexity index is 1410. The summed E-state index contributed by atoms with van der Waals surface area (Å²) in [6.45, 7) is 7.69. The molecule has 1 amide bonds. The minimum Gasteiger partial charge on any atom is -0.459 e. The van der Waals surface area contributed by atoms with Crippen molar-refractivity contribution < 1.29 is 22.7 Å². The van der Waals surface area contributed by atoms with Crippen LogP contribution < -0.4 is 19.8 Å². The number of carbonyl (C=O) groups excluding carboxylic acids is 2. The highest BCUT2D eigenvalue weighted by atomic mass is 32.2. The summed E-state index contributed by atoms with van der Waals surface area (Å²) in [6, 6.07) is 15.3. The SMILES string of the molecule is CC(C)(C)OC(=O)C(CNC(=O)c1cccc(N2CCN(c3ncccn3)CC2)c1)NS(=O)(=O)c1ccccc1. The zero-order valence-electron chi connectivity index (χ0n) is 22.8. The number of rotatable bonds is 9. The summed E-state index contributed by atoms with van der Waals surface area (Å²) < 4.78 is 33.6. The van der Waals surface area contributed by atoms with Crippen molar-refractivity contribution in [1.29, 1.82) is 0 Å². The minimum atomic E-state index is -4.04. The molecule has 3 aromatic rings. The van der Waals surface area contributed by atoms with E-state index in [9.17, 15) is 18.0 Å². The Balaban J connectivity index is 1.41. The maximum absolute atomic E-state index is 13.1. The smallest absolute Gasteiger partial charge is 0.326 e. The second-order valence-corrected chi connectivity index (χ2v) is 12.0. The fourth-order valence-corrected chi connectivity index (χ4v) is 5.37. The van der Waals surface area contributed by atoms with Gasteiger partial charge >= 0.3 is 5.97 Å². The average molecular weight is 567 g/mol. The van der Waals surface area contributed by atoms with E-state index in [0.29, 0.717) is 11.5 Å². The Hall–Kier alpha value is -4.03. The van der Waals surface area contributed by atoms with Gasteiger partial charge in [-0.05, 0) is 57.2 Å². The topological polar surface area (TPSA) is 134 Å². The number of aromatic nitrogens is 2. The van der Waals surface area contributed by atoms with Crippen molar-refractivity contribution in [3.8, 4) is 0 Å². The van der Waals surface area contributed by atoms with Gasteiger partial charge in [0.1, 0.15) is 11.6 Å². The summed E-state index contributed by atoms with van der Waals surface area (Å²) in [6.07, 6.45) is 3.44. The van der Waals surface area contributed by atoms with Crippen molar-refractivity contribution in [1.82, 2.24) is 20.0 Å². The van der Waals surface area contributed by atoms with Crippen LogP contribution in [0.25, 0.3) is 0 Å². The van der Waals surface area contributed by atoms with Gasteiger partial charge in [-0.15, -0.1) is 0 Å². The zero-order valence-corrected chi connectivity index (χ0v) is 23.6. The predicted molar refractivity (Wildman–Crippen MR) is 152 cm³/mol. The van der Waals surface area contributed by atoms with E-state index in [1.165, 1.54) is 12.1 Å². The standard InChI is InChI=1S/C28H34N6O5S/c1-28(2,3)39-26(36)24(32-40(37,38)23-11-5-4-6-12-23)20-31-25(35)21-9-7-10-22(19-21)33-15-17-34(18-16-33)27-29-13-8-14-30-27/h4-14,19,24,32H,15-18,20H2,1-3H3,(H,31,35). The number of hydrogen-bond acceptors (Lipinski definition) is 9. The van der Waals surface area contributed by atoms with E-state index in [2.05, 4.69) is 29.8 Å². The van der Waals surface area contributed by atoms with Gasteiger partial charge in [-0.1, -0.05) is 24.3 Å². The van der Waals surface area contributed by atoms with Crippen LogP contribution in [-0.2, 0) is 19.6 Å². The largest absolute Gasteiger partial charge is 0.459 e. The lowest BCUT2D eigenvalue weighted by Gasteiger charge is -2.36. The number of amides is 1. The van der Waals surface area contributed by atoms with Crippen LogP contribution in [0.4, 0.5) is 11.6 Å². The molecule has 11 nitrogen and oxygen atoms in total. The molecule has 2 heterocycles. The Morgan fingerprint density at radius 1 is 0.925 bits per heavy atom. The normalized spacial score (nSPS) is 14.9. The number of esters is 1. The molecule has 1 aliphatic rings. The average Bonchev–Trinajstić information content (AvgIpc) is 2.95. The Labute approximate surface area is 234 Å². The number of hydrogen-bond donors (Lipinski definition) is 2. The van der Waals surface area contributed by atoms with Crippen molar-refractivity contribution in [2.24, 2.45) is 0 Å². The van der Waals surface area contributed by atoms with Gasteiger partial charge < -0.3 is 19.9 Å². The number of nitrogens with one attached hydrogen (secondary N) is 2. The molecule has 1 fully saturated rings. The van der Waals surface area contributed by atoms with Crippen LogP contribution in [0.2, 0.25) is 0 Å². The van der Waals surface area contributed by atoms with Gasteiger partial charge in [0.15, 0.2) is 0 Å². The molecule has 0 radical (unpaired) electrons. The van der Waals surface area contributed by atoms with E-state index in [1.54, 1.807) is 75.6 Å². The third kappa shape index (κ3) is 7.76. The number of anilines is 2. The number of sulfonamides is 1. The van der Waals surface area contributed by atoms with Gasteiger partial charge in [0.2, 0.25) is 16.0 Å². The van der Waals surface area contributed by atoms with E-state index in [1.807, 2.05) is 6.07 Å². The van der Waals surface area contributed by atoms with Crippen LogP contribution >= 0.6 is 0 Å². The first kappa shape index (κ1) is 29.0. The maximum Gasteiger partial charge on any atom is 0.326 e. The quantitative estimate of drug-likeness (QED) is 0.374. The van der Waals surface area contributed by atoms with E-state index in [-0.39, 0.29) is 11.4 Å². The number of piperazine rings is 1. The molecular weight excluding hydrogens is 532 g/mol. The van der Waals surface area contributed by atoms with Gasteiger partial charge in [-0.3, -0.25) is 9.59 Å². The molecule has 40 heavy (non-hydrogen) atoms. The molecule has 1 unspecified atom stereocenters. The zero-order chi connectivity index (χ0) is 28.8. The summed E-state index contributed by atoms with van der Waals surface area (Å²) >= 11 is 0. The van der Waals surface area contributed by atoms with Crippen LogP contribution in [0.1, 0.15) is 31.1 Å². The van der Waals surface area contributed by atoms with Crippen molar-refractivity contribution >= 4 is 33.5 Å². The Morgan fingerprint density at radius 2 is 1.57 bits per heavy atom. The molecule has 4 rings (SSSR count). The summed E-state index contributed by atoms with van der Waals surface area (Å²) in [5.41, 5.74) is 0.428. The molecule has 1 saturated heterocycles. The van der Waals surface area contributed by atoms with Crippen LogP contribution in [0, 0.1) is 0 Å². The second-order valence-electron chi connectivity index (χ2n) is 10.3. The van der Waals surface area contributed by atoms with Crippen LogP contribution in [-0.4, -0.2) is 74.6 Å². The molecule has 0 spiro atoms. The third-order valence-electron chi connectivity index (χ3n) is 6.10. The van der Waals surface area contributed by atoms with Gasteiger partial charge in [0.05, 0.1) is 4.90 Å². The summed E-state index contributed by atoms with van der Waals surface area (Å²) in [5.74, 6) is -0.537. The lowest BCUT2D eigenvalue weighted by molar-refractivity contribution is -0.156. The molecule has 1 aliphatic heterocycles. The number of carbonyl (C=O) groups is 2. The van der Waals surface area contributed by atoms with Crippen LogP contribution in [0.5, 0.6) is 0 Å². The summed E-state index contributed by atoms with van der Waals surface area (Å²) in [7, 11) is -4.04. The lowest BCUT2D eigenvalue weighted by Crippen LogP contribution is -2.50. The number of ether oxygens (including phenoxy) is 1. The van der Waals surface area contributed by atoms with Crippen molar-refractivity contribution in [3.63, 3.8) is 0 Å². The lowest BCUT2D eigenvalue weighted by atomic mass is 10.1. The van der Waals surface area contributed by atoms with E-state index in [0.717, 1.165) is 31.9 Å². The van der Waals surface area contributed by atoms with Crippen LogP contribution in [0.15, 0.2) is 78.0 Å². The molecule has 1 atom stereocenters. The molecule has 1 aromatic heterocycles. The van der Waals surface area contributed by atoms with E-state index in [4.69, 9.17) is 4.74 Å². The fourth-order valence-electron chi connectivity index (χ4n) is 4.16. The predicted octanol–water partition coefficient (Wildman–Crippen LogP) is 2.22. The van der Waals surface area contributed by atoms with Crippen LogP contribution in [0.3, 0.4) is 0 Å². The molecule has 0 aliphatic carbocycles. The van der Waals surface area contributed by atoms with Gasteiger partial charge in [-0.25, -0.2) is 18.4 Å². The fraction of sp³-hybridized carbons (Fsp3) is 0.357. The highest BCUT2D eigenvalue weighted by Crippen LogP contribution is 2.20. The first-order valence-corrected chi connectivity index (χ1v) is 14.5. The highest BCUT2D eigenvalue weighted by Gasteiger charge is 2.30. The first-order valence-electron chi connectivity index (χ1n) is 13.0. The second kappa shape index (κ2) is 12.4. The van der Waals surface area contributed by atoms with Crippen molar-refractivity contribution in [2.45, 2.75) is 37.3 Å². The number of benzene rings is 2. The van der Waals surface area contributed by atoms with Gasteiger partial charge in [0.25, 0.3) is 5.91 Å². The highest BCUT2D eigenvalue weighted by molar-refractivity contribution is 7.89. The maximum atomic E-state index is 13.1. The van der Waals surface area contributed by atoms with Gasteiger partial charge in [-0.2, -0.15) is 4.72 Å². The third-order valence-corrected chi connectivity index (χ3v) is 7.58. The Morgan fingerprint density at radius 3 is 2.23 bits per heavy atom. The van der Waals surface area contributed by atoms with Crippen molar-refractivity contribution in [2.75, 3.05) is 42.5 Å². The minimum absolute atomic E-state index is 0.00140.